The topological polar surface area (TPSA) is 12.0 Å². The standard InChI is InChI=1S/C4H11N.2C3H8/c1-3-5-4-2;2*1-3-2/h5H,3-4H2,1-2H3;2*3H2,1-2H3. The maximum absolute atomic E-state index is 3.11. The summed E-state index contributed by atoms with van der Waals surface area (Å²) in [5, 5.41) is 3.11. The van der Waals surface area contributed by atoms with Crippen LogP contribution in [0.4, 0.5) is 0 Å². The first kappa shape index (κ1) is 17.2. The molecule has 72 valence electrons. The Morgan fingerprint density at radius 1 is 0.636 bits per heavy atom. The first-order valence-corrected chi connectivity index (χ1v) is 4.95. The highest BCUT2D eigenvalue weighted by atomic mass is 14.8. The lowest BCUT2D eigenvalue weighted by atomic mass is 10.6. The maximum atomic E-state index is 3.11. The Morgan fingerprint density at radius 3 is 0.818 bits per heavy atom. The molecule has 0 aromatic heterocycles. The Labute approximate surface area is 73.6 Å². The van der Waals surface area contributed by atoms with E-state index in [1.54, 1.807) is 0 Å². The lowest BCUT2D eigenvalue weighted by molar-refractivity contribution is 0.762. The average Bonchev–Trinajstić information content (AvgIpc) is 1.92. The van der Waals surface area contributed by atoms with E-state index in [1.807, 2.05) is 0 Å². The highest BCUT2D eigenvalue weighted by molar-refractivity contribution is 4.27. The molecule has 0 bridgehead atoms. The van der Waals surface area contributed by atoms with Crippen molar-refractivity contribution in [2.75, 3.05) is 13.1 Å². The molecule has 0 heterocycles. The Balaban J connectivity index is -0.0000000933. The highest BCUT2D eigenvalue weighted by Crippen LogP contribution is 1.56. The molecule has 0 unspecified atom stereocenters. The van der Waals surface area contributed by atoms with E-state index < -0.39 is 0 Å². The van der Waals surface area contributed by atoms with Gasteiger partial charge in [-0.15, -0.1) is 0 Å². The van der Waals surface area contributed by atoms with E-state index in [0.717, 1.165) is 13.1 Å². The van der Waals surface area contributed by atoms with Gasteiger partial charge in [0.15, 0.2) is 0 Å². The molecule has 1 N–H and O–H groups in total. The average molecular weight is 161 g/mol. The predicted octanol–water partition coefficient (Wildman–Crippen LogP) is 3.45. The van der Waals surface area contributed by atoms with E-state index >= 15 is 0 Å². The van der Waals surface area contributed by atoms with E-state index in [9.17, 15) is 0 Å². The second-order valence-corrected chi connectivity index (χ2v) is 2.37. The van der Waals surface area contributed by atoms with E-state index in [2.05, 4.69) is 46.9 Å². The molecule has 0 aliphatic heterocycles. The number of hydrogen-bond donors (Lipinski definition) is 1. The van der Waals surface area contributed by atoms with Crippen LogP contribution in [0.2, 0.25) is 0 Å². The van der Waals surface area contributed by atoms with Crippen molar-refractivity contribution in [1.82, 2.24) is 5.32 Å². The molecule has 0 radical (unpaired) electrons. The molecule has 0 aromatic carbocycles. The summed E-state index contributed by atoms with van der Waals surface area (Å²) in [4.78, 5) is 0. The zero-order chi connectivity index (χ0) is 9.54. The molecule has 1 heteroatoms. The van der Waals surface area contributed by atoms with Gasteiger partial charge < -0.3 is 5.32 Å². The zero-order valence-electron chi connectivity index (χ0n) is 9.33. The van der Waals surface area contributed by atoms with Crippen molar-refractivity contribution in [2.45, 2.75) is 54.4 Å². The van der Waals surface area contributed by atoms with Crippen LogP contribution in [0.25, 0.3) is 0 Å². The smallest absolute Gasteiger partial charge is 0.00775 e. The third-order valence-corrected chi connectivity index (χ3v) is 0.500. The first-order valence-electron chi connectivity index (χ1n) is 4.95. The van der Waals surface area contributed by atoms with E-state index in [1.165, 1.54) is 12.8 Å². The molecule has 0 fully saturated rings. The van der Waals surface area contributed by atoms with Crippen LogP contribution in [0.5, 0.6) is 0 Å². The second kappa shape index (κ2) is 32.5. The number of rotatable bonds is 2. The van der Waals surface area contributed by atoms with Crippen molar-refractivity contribution < 1.29 is 0 Å². The number of hydrogen-bond acceptors (Lipinski definition) is 1. The summed E-state index contributed by atoms with van der Waals surface area (Å²) in [5.41, 5.74) is 0. The molecule has 0 saturated carbocycles. The lowest BCUT2D eigenvalue weighted by Crippen LogP contribution is -2.09. The Bertz CT molecular complexity index is 24.1. The summed E-state index contributed by atoms with van der Waals surface area (Å²) in [6, 6.07) is 0. The summed E-state index contributed by atoms with van der Waals surface area (Å²) < 4.78 is 0. The van der Waals surface area contributed by atoms with Gasteiger partial charge in [-0.1, -0.05) is 54.4 Å². The van der Waals surface area contributed by atoms with Gasteiger partial charge in [-0.25, -0.2) is 0 Å². The van der Waals surface area contributed by atoms with Gasteiger partial charge in [-0.2, -0.15) is 0 Å². The Morgan fingerprint density at radius 2 is 0.818 bits per heavy atom. The van der Waals surface area contributed by atoms with Crippen LogP contribution in [0.1, 0.15) is 54.4 Å². The van der Waals surface area contributed by atoms with Crippen LogP contribution < -0.4 is 5.32 Å². The van der Waals surface area contributed by atoms with E-state index in [0.29, 0.717) is 0 Å². The minimum Gasteiger partial charge on any atom is -0.317 e. The molecule has 0 atom stereocenters. The molecule has 0 amide bonds. The summed E-state index contributed by atoms with van der Waals surface area (Å²) in [5.74, 6) is 0. The first-order chi connectivity index (χ1) is 5.24. The van der Waals surface area contributed by atoms with Crippen LogP contribution >= 0.6 is 0 Å². The van der Waals surface area contributed by atoms with Crippen LogP contribution in [0.3, 0.4) is 0 Å². The summed E-state index contributed by atoms with van der Waals surface area (Å²) in [7, 11) is 0. The van der Waals surface area contributed by atoms with Crippen molar-refractivity contribution in [3.8, 4) is 0 Å². The molecule has 0 spiro atoms. The van der Waals surface area contributed by atoms with Crippen molar-refractivity contribution in [3.05, 3.63) is 0 Å². The lowest BCUT2D eigenvalue weighted by Gasteiger charge is -1.86. The van der Waals surface area contributed by atoms with Crippen molar-refractivity contribution >= 4 is 0 Å². The van der Waals surface area contributed by atoms with Crippen molar-refractivity contribution in [3.63, 3.8) is 0 Å². The van der Waals surface area contributed by atoms with Gasteiger partial charge in [-0.05, 0) is 13.1 Å². The quantitative estimate of drug-likeness (QED) is 0.654. The minimum atomic E-state index is 1.09. The molecule has 0 aliphatic rings. The molecule has 0 saturated heterocycles. The fraction of sp³-hybridized carbons (Fsp3) is 1.00. The van der Waals surface area contributed by atoms with E-state index in [-0.39, 0.29) is 0 Å². The van der Waals surface area contributed by atoms with Crippen molar-refractivity contribution in [2.24, 2.45) is 0 Å². The van der Waals surface area contributed by atoms with Crippen molar-refractivity contribution in [1.29, 1.82) is 0 Å². The monoisotopic (exact) mass is 161 g/mol. The van der Waals surface area contributed by atoms with Gasteiger partial charge in [0.25, 0.3) is 0 Å². The third kappa shape index (κ3) is 164. The van der Waals surface area contributed by atoms with Gasteiger partial charge in [-0.3, -0.25) is 0 Å². The van der Waals surface area contributed by atoms with Gasteiger partial charge >= 0.3 is 0 Å². The number of nitrogens with one attached hydrogen (secondary N) is 1. The maximum Gasteiger partial charge on any atom is -0.00775 e. The minimum absolute atomic E-state index is 1.09. The molecule has 0 aromatic rings. The second-order valence-electron chi connectivity index (χ2n) is 2.37. The summed E-state index contributed by atoms with van der Waals surface area (Å²) in [6.45, 7) is 14.9. The summed E-state index contributed by atoms with van der Waals surface area (Å²) in [6.07, 6.45) is 2.50. The fourth-order valence-electron chi connectivity index (χ4n) is 0.250. The van der Waals surface area contributed by atoms with Gasteiger partial charge in [0, 0.05) is 0 Å². The predicted molar refractivity (Wildman–Crippen MR) is 56.1 cm³/mol. The molecule has 11 heavy (non-hydrogen) atoms. The largest absolute Gasteiger partial charge is 0.317 e. The Hall–Kier alpha value is -0.0400. The van der Waals surface area contributed by atoms with Crippen LogP contribution in [0.15, 0.2) is 0 Å². The third-order valence-electron chi connectivity index (χ3n) is 0.500. The highest BCUT2D eigenvalue weighted by Gasteiger charge is 1.62. The molecule has 1 nitrogen and oxygen atoms in total. The van der Waals surface area contributed by atoms with Gasteiger partial charge in [0.1, 0.15) is 0 Å². The van der Waals surface area contributed by atoms with Crippen LogP contribution in [0, 0.1) is 0 Å². The van der Waals surface area contributed by atoms with Crippen LogP contribution in [-0.4, -0.2) is 13.1 Å². The SMILES string of the molecule is CCC.CCC.CCNCC. The Kier molecular flexibility index (Phi) is 50.7. The summed E-state index contributed by atoms with van der Waals surface area (Å²) >= 11 is 0. The van der Waals surface area contributed by atoms with Gasteiger partial charge in [0.2, 0.25) is 0 Å². The zero-order valence-corrected chi connectivity index (χ0v) is 9.33. The molecule has 0 rings (SSSR count). The molecular weight excluding hydrogens is 134 g/mol. The fourth-order valence-corrected chi connectivity index (χ4v) is 0.250. The molecule has 0 aliphatic carbocycles. The normalized spacial score (nSPS) is 7.09. The van der Waals surface area contributed by atoms with E-state index in [4.69, 9.17) is 0 Å². The molecular formula is C10H27N. The van der Waals surface area contributed by atoms with Crippen LogP contribution in [-0.2, 0) is 0 Å². The van der Waals surface area contributed by atoms with Gasteiger partial charge in [0.05, 0.1) is 0 Å².